The second kappa shape index (κ2) is 6.38. The van der Waals surface area contributed by atoms with Crippen molar-refractivity contribution in [1.82, 2.24) is 0 Å². The Morgan fingerprint density at radius 2 is 1.67 bits per heavy atom. The fraction of sp³-hybridized carbons (Fsp3) is 1.00. The highest BCUT2D eigenvalue weighted by molar-refractivity contribution is 6.35. The van der Waals surface area contributed by atoms with E-state index >= 15 is 0 Å². The number of unbranched alkanes of at least 4 members (excludes halogenated alkanes) is 1. The Balaban J connectivity index is 3.01. The molecule has 0 aromatic heterocycles. The molecule has 0 fully saturated rings. The summed E-state index contributed by atoms with van der Waals surface area (Å²) in [4.78, 5) is 0. The van der Waals surface area contributed by atoms with E-state index in [4.69, 9.17) is 0 Å². The Hall–Kier alpha value is -0.145. The molecule has 4 heteroatoms. The van der Waals surface area contributed by atoms with E-state index in [1.54, 1.807) is 0 Å². The second-order valence-electron chi connectivity index (χ2n) is 2.94. The van der Waals surface area contributed by atoms with Crippen LogP contribution in [0.15, 0.2) is 0 Å². The molecule has 0 aliphatic carbocycles. The van der Waals surface area contributed by atoms with Gasteiger partial charge < -0.3 is 0 Å². The van der Waals surface area contributed by atoms with Crippen molar-refractivity contribution in [1.29, 1.82) is 0 Å². The minimum Gasteiger partial charge on any atom is -0.171 e. The van der Waals surface area contributed by atoms with Crippen LogP contribution in [0.5, 0.6) is 0 Å². The van der Waals surface area contributed by atoms with Gasteiger partial charge in [0.15, 0.2) is 0 Å². The first-order chi connectivity index (χ1) is 5.56. The van der Waals surface area contributed by atoms with Crippen molar-refractivity contribution < 1.29 is 13.2 Å². The molecule has 0 nitrogen and oxygen atoms in total. The zero-order chi connectivity index (χ0) is 9.45. The number of rotatable bonds is 6. The smallest absolute Gasteiger partial charge is 0.171 e. The minimum absolute atomic E-state index is 0.243. The van der Waals surface area contributed by atoms with E-state index in [0.717, 1.165) is 19.2 Å². The van der Waals surface area contributed by atoms with E-state index in [1.807, 2.05) is 7.28 Å². The lowest BCUT2D eigenvalue weighted by Gasteiger charge is -2.04. The van der Waals surface area contributed by atoms with E-state index < -0.39 is 12.6 Å². The molecule has 0 saturated heterocycles. The summed E-state index contributed by atoms with van der Waals surface area (Å²) in [5.41, 5.74) is 0. The van der Waals surface area contributed by atoms with Crippen molar-refractivity contribution in [2.75, 3.05) is 0 Å². The molecule has 12 heavy (non-hydrogen) atoms. The van der Waals surface area contributed by atoms with E-state index in [2.05, 4.69) is 6.92 Å². The third kappa shape index (κ3) is 9.85. The molecule has 0 atom stereocenters. The van der Waals surface area contributed by atoms with Crippen LogP contribution in [0.1, 0.15) is 32.6 Å². The maximum atomic E-state index is 11.6. The zero-order valence-electron chi connectivity index (χ0n) is 7.45. The Labute approximate surface area is 72.8 Å². The molecule has 0 aliphatic rings. The first-order valence-electron chi connectivity index (χ1n) is 4.44. The van der Waals surface area contributed by atoms with Gasteiger partial charge in [0.25, 0.3) is 0 Å². The molecule has 0 spiro atoms. The summed E-state index contributed by atoms with van der Waals surface area (Å²) in [5.74, 6) is 0. The van der Waals surface area contributed by atoms with Crippen molar-refractivity contribution in [2.45, 2.75) is 51.4 Å². The molecule has 0 amide bonds. The Bertz CT molecular complexity index is 101. The maximum absolute atomic E-state index is 11.6. The Kier molecular flexibility index (Phi) is 6.30. The number of alkyl halides is 3. The van der Waals surface area contributed by atoms with Gasteiger partial charge in [0.2, 0.25) is 0 Å². The van der Waals surface area contributed by atoms with Gasteiger partial charge in [-0.1, -0.05) is 38.8 Å². The highest BCUT2D eigenvalue weighted by atomic mass is 19.4. The first kappa shape index (κ1) is 11.9. The van der Waals surface area contributed by atoms with Crippen LogP contribution < -0.4 is 0 Å². The van der Waals surface area contributed by atoms with Crippen LogP contribution in [-0.2, 0) is 0 Å². The summed E-state index contributed by atoms with van der Waals surface area (Å²) in [5, 5.41) is 0. The Morgan fingerprint density at radius 1 is 1.08 bits per heavy atom. The number of hydrogen-bond acceptors (Lipinski definition) is 0. The van der Waals surface area contributed by atoms with Crippen molar-refractivity contribution in [3.63, 3.8) is 0 Å². The van der Waals surface area contributed by atoms with Gasteiger partial charge in [-0.2, -0.15) is 13.2 Å². The van der Waals surface area contributed by atoms with Gasteiger partial charge in [-0.3, -0.25) is 0 Å². The molecule has 0 saturated carbocycles. The molecule has 0 bridgehead atoms. The van der Waals surface area contributed by atoms with Gasteiger partial charge in [0, 0.05) is 6.42 Å². The fourth-order valence-corrected chi connectivity index (χ4v) is 0.940. The van der Waals surface area contributed by atoms with Crippen LogP contribution in [0.2, 0.25) is 12.6 Å². The molecule has 0 aromatic carbocycles. The monoisotopic (exact) mass is 179 g/mol. The Morgan fingerprint density at radius 3 is 2.17 bits per heavy atom. The van der Waals surface area contributed by atoms with Crippen molar-refractivity contribution >= 4 is 7.28 Å². The molecule has 0 heterocycles. The van der Waals surface area contributed by atoms with Crippen LogP contribution in [0, 0.1) is 0 Å². The molecule has 71 valence electrons. The summed E-state index contributed by atoms with van der Waals surface area (Å²) in [7, 11) is 1.95. The summed E-state index contributed by atoms with van der Waals surface area (Å²) >= 11 is 0. The lowest BCUT2D eigenvalue weighted by atomic mass is 9.68. The maximum Gasteiger partial charge on any atom is 0.389 e. The van der Waals surface area contributed by atoms with Gasteiger partial charge in [0.05, 0.1) is 0 Å². The summed E-state index contributed by atoms with van der Waals surface area (Å²) < 4.78 is 34.9. The molecule has 0 aromatic rings. The normalized spacial score (nSPS) is 11.7. The molecular weight excluding hydrogens is 164 g/mol. The van der Waals surface area contributed by atoms with Crippen molar-refractivity contribution in [2.24, 2.45) is 0 Å². The fourth-order valence-electron chi connectivity index (χ4n) is 0.940. The second-order valence-corrected chi connectivity index (χ2v) is 2.94. The molecule has 1 radical (unpaired) electrons. The quantitative estimate of drug-likeness (QED) is 0.431. The molecule has 0 N–H and O–H groups in total. The molecule has 0 rings (SSSR count). The largest absolute Gasteiger partial charge is 0.389 e. The van der Waals surface area contributed by atoms with Gasteiger partial charge in [-0.05, 0) is 0 Å². The third-order valence-corrected chi connectivity index (χ3v) is 1.63. The van der Waals surface area contributed by atoms with Crippen LogP contribution in [0.3, 0.4) is 0 Å². The topological polar surface area (TPSA) is 0 Å². The summed E-state index contributed by atoms with van der Waals surface area (Å²) in [6.07, 6.45) is -0.628. The van der Waals surface area contributed by atoms with E-state index in [0.29, 0.717) is 6.32 Å². The van der Waals surface area contributed by atoms with Crippen molar-refractivity contribution in [3.05, 3.63) is 0 Å². The van der Waals surface area contributed by atoms with Crippen LogP contribution >= 0.6 is 0 Å². The highest BCUT2D eigenvalue weighted by Crippen LogP contribution is 2.22. The lowest BCUT2D eigenvalue weighted by molar-refractivity contribution is -0.134. The molecular formula is C8H15BF3. The summed E-state index contributed by atoms with van der Waals surface area (Å²) in [6.45, 7) is 2.07. The minimum atomic E-state index is -3.97. The third-order valence-electron chi connectivity index (χ3n) is 1.63. The van der Waals surface area contributed by atoms with Gasteiger partial charge in [-0.15, -0.1) is 0 Å². The summed E-state index contributed by atoms with van der Waals surface area (Å²) in [6, 6.07) is 0. The van der Waals surface area contributed by atoms with Gasteiger partial charge in [-0.25, -0.2) is 0 Å². The lowest BCUT2D eigenvalue weighted by Crippen LogP contribution is -2.06. The number of hydrogen-bond donors (Lipinski definition) is 0. The van der Waals surface area contributed by atoms with Crippen LogP contribution in [0.4, 0.5) is 13.2 Å². The standard InChI is InChI=1S/C8H15BF3/c1-2-3-6-9-7-4-5-8(10,11)12/h2-7H2,1H3. The number of halogens is 3. The van der Waals surface area contributed by atoms with E-state index in [9.17, 15) is 13.2 Å². The predicted octanol–water partition coefficient (Wildman–Crippen LogP) is 3.67. The van der Waals surface area contributed by atoms with E-state index in [1.165, 1.54) is 0 Å². The molecule has 0 unspecified atom stereocenters. The average molecular weight is 179 g/mol. The predicted molar refractivity (Wildman–Crippen MR) is 45.6 cm³/mol. The van der Waals surface area contributed by atoms with Gasteiger partial charge >= 0.3 is 6.18 Å². The zero-order valence-corrected chi connectivity index (χ0v) is 7.45. The first-order valence-corrected chi connectivity index (χ1v) is 4.44. The average Bonchev–Trinajstić information content (AvgIpc) is 1.94. The van der Waals surface area contributed by atoms with E-state index in [-0.39, 0.29) is 6.42 Å². The highest BCUT2D eigenvalue weighted by Gasteiger charge is 2.25. The van der Waals surface area contributed by atoms with Crippen LogP contribution in [-0.4, -0.2) is 13.5 Å². The van der Waals surface area contributed by atoms with Crippen LogP contribution in [0.25, 0.3) is 0 Å². The molecule has 0 aliphatic heterocycles. The SMILES string of the molecule is CCCC[B]CCCC(F)(F)F. The van der Waals surface area contributed by atoms with Gasteiger partial charge in [0.1, 0.15) is 7.28 Å². The van der Waals surface area contributed by atoms with Crippen molar-refractivity contribution in [3.8, 4) is 0 Å².